The van der Waals surface area contributed by atoms with Gasteiger partial charge in [0, 0.05) is 12.1 Å². The third-order valence-electron chi connectivity index (χ3n) is 3.01. The molecular weight excluding hydrogens is 318 g/mol. The van der Waals surface area contributed by atoms with Gasteiger partial charge in [-0.05, 0) is 29.7 Å². The first-order valence-corrected chi connectivity index (χ1v) is 6.02. The minimum Gasteiger partial charge on any atom is -0.500 e. The Kier molecular flexibility index (Phi) is 4.08. The van der Waals surface area contributed by atoms with E-state index >= 15 is 0 Å². The molecule has 0 fully saturated rings. The Hall–Kier alpha value is -3.30. The summed E-state index contributed by atoms with van der Waals surface area (Å²) in [4.78, 5) is 19.4. The van der Waals surface area contributed by atoms with E-state index in [1.54, 1.807) is 0 Å². The molecule has 0 amide bonds. The second-order valence-electron chi connectivity index (χ2n) is 4.58. The normalized spacial score (nSPS) is 10.5. The number of nitro groups is 2. The van der Waals surface area contributed by atoms with Gasteiger partial charge in [0.15, 0.2) is 11.6 Å². The quantitative estimate of drug-likeness (QED) is 0.657. The van der Waals surface area contributed by atoms with Crippen LogP contribution in [0.3, 0.4) is 0 Å². The van der Waals surface area contributed by atoms with Crippen molar-refractivity contribution in [3.8, 4) is 11.5 Å². The molecule has 0 aliphatic heterocycles. The Bertz CT molecular complexity index is 757. The van der Waals surface area contributed by atoms with Crippen LogP contribution in [0.25, 0.3) is 0 Å². The van der Waals surface area contributed by atoms with Crippen LogP contribution in [0.2, 0.25) is 0 Å². The zero-order valence-corrected chi connectivity index (χ0v) is 11.2. The Morgan fingerprint density at radius 2 is 1.17 bits per heavy atom. The first kappa shape index (κ1) is 16.1. The Morgan fingerprint density at radius 1 is 0.826 bits per heavy atom. The van der Waals surface area contributed by atoms with Crippen molar-refractivity contribution < 1.29 is 28.8 Å². The lowest BCUT2D eigenvalue weighted by Crippen LogP contribution is -1.98. The maximum absolute atomic E-state index is 13.5. The Morgan fingerprint density at radius 3 is 1.48 bits per heavy atom. The highest BCUT2D eigenvalue weighted by Crippen LogP contribution is 2.33. The molecule has 2 N–H and O–H groups in total. The van der Waals surface area contributed by atoms with E-state index in [-0.39, 0.29) is 17.5 Å². The third kappa shape index (κ3) is 3.15. The molecule has 0 aliphatic rings. The van der Waals surface area contributed by atoms with Crippen LogP contribution in [0.4, 0.5) is 20.2 Å². The van der Waals surface area contributed by atoms with Crippen molar-refractivity contribution in [1.29, 1.82) is 0 Å². The molecular formula is C13H8F2N2O6. The SMILES string of the molecule is O=[N+]([O-])c1cc(Cc2cc(F)c(O)c([N+](=O)[O-])c2)cc(F)c1O. The number of hydrogen-bond donors (Lipinski definition) is 2. The van der Waals surface area contributed by atoms with Gasteiger partial charge in [-0.25, -0.2) is 8.78 Å². The number of phenolic OH excluding ortho intramolecular Hbond substituents is 2. The molecule has 0 aliphatic carbocycles. The molecule has 0 radical (unpaired) electrons. The molecule has 0 heterocycles. The van der Waals surface area contributed by atoms with Crippen molar-refractivity contribution in [1.82, 2.24) is 0 Å². The maximum atomic E-state index is 13.5. The van der Waals surface area contributed by atoms with Crippen molar-refractivity contribution in [2.24, 2.45) is 0 Å². The maximum Gasteiger partial charge on any atom is 0.314 e. The van der Waals surface area contributed by atoms with Gasteiger partial charge in [-0.2, -0.15) is 0 Å². The molecule has 0 saturated heterocycles. The van der Waals surface area contributed by atoms with Crippen molar-refractivity contribution >= 4 is 11.4 Å². The molecule has 23 heavy (non-hydrogen) atoms. The smallest absolute Gasteiger partial charge is 0.314 e. The summed E-state index contributed by atoms with van der Waals surface area (Å²) in [7, 11) is 0. The van der Waals surface area contributed by atoms with E-state index in [0.717, 1.165) is 24.3 Å². The number of nitro benzene ring substituents is 2. The van der Waals surface area contributed by atoms with Crippen LogP contribution in [-0.2, 0) is 6.42 Å². The molecule has 0 aromatic heterocycles. The number of rotatable bonds is 4. The fraction of sp³-hybridized carbons (Fsp3) is 0.0769. The minimum absolute atomic E-state index is 0.00797. The van der Waals surface area contributed by atoms with Crippen molar-refractivity contribution in [3.05, 3.63) is 67.3 Å². The number of hydrogen-bond acceptors (Lipinski definition) is 6. The number of benzene rings is 2. The zero-order chi connectivity index (χ0) is 17.3. The van der Waals surface area contributed by atoms with Gasteiger partial charge in [-0.15, -0.1) is 0 Å². The van der Waals surface area contributed by atoms with Gasteiger partial charge in [-0.1, -0.05) is 0 Å². The fourth-order valence-corrected chi connectivity index (χ4v) is 2.00. The van der Waals surface area contributed by atoms with E-state index in [1.807, 2.05) is 0 Å². The summed E-state index contributed by atoms with van der Waals surface area (Å²) in [6, 6.07) is 3.32. The molecule has 120 valence electrons. The highest BCUT2D eigenvalue weighted by Gasteiger charge is 2.22. The first-order valence-electron chi connectivity index (χ1n) is 6.02. The molecule has 2 aromatic carbocycles. The lowest BCUT2D eigenvalue weighted by atomic mass is 10.0. The van der Waals surface area contributed by atoms with E-state index in [9.17, 15) is 39.2 Å². The van der Waals surface area contributed by atoms with Crippen molar-refractivity contribution in [2.75, 3.05) is 0 Å². The van der Waals surface area contributed by atoms with E-state index < -0.39 is 44.4 Å². The summed E-state index contributed by atoms with van der Waals surface area (Å²) in [5, 5.41) is 39.9. The van der Waals surface area contributed by atoms with Gasteiger partial charge in [-0.3, -0.25) is 20.2 Å². The number of halogens is 2. The third-order valence-corrected chi connectivity index (χ3v) is 3.01. The topological polar surface area (TPSA) is 127 Å². The molecule has 0 atom stereocenters. The summed E-state index contributed by atoms with van der Waals surface area (Å²) in [5.74, 6) is -4.77. The molecule has 10 heteroatoms. The van der Waals surface area contributed by atoms with Crippen LogP contribution in [0.5, 0.6) is 11.5 Å². The summed E-state index contributed by atoms with van der Waals surface area (Å²) in [5.41, 5.74) is -1.78. The van der Waals surface area contributed by atoms with Crippen LogP contribution >= 0.6 is 0 Å². The lowest BCUT2D eigenvalue weighted by molar-refractivity contribution is -0.386. The van der Waals surface area contributed by atoms with Crippen molar-refractivity contribution in [2.45, 2.75) is 6.42 Å². The molecule has 0 saturated carbocycles. The first-order chi connectivity index (χ1) is 10.7. The van der Waals surface area contributed by atoms with Gasteiger partial charge in [0.1, 0.15) is 0 Å². The second-order valence-corrected chi connectivity index (χ2v) is 4.58. The molecule has 2 rings (SSSR count). The van der Waals surface area contributed by atoms with E-state index in [0.29, 0.717) is 0 Å². The highest BCUT2D eigenvalue weighted by atomic mass is 19.1. The average molecular weight is 326 g/mol. The fourth-order valence-electron chi connectivity index (χ4n) is 2.00. The van der Waals surface area contributed by atoms with Crippen molar-refractivity contribution in [3.63, 3.8) is 0 Å². The van der Waals surface area contributed by atoms with Gasteiger partial charge in [0.2, 0.25) is 11.5 Å². The molecule has 0 bridgehead atoms. The van der Waals surface area contributed by atoms with Gasteiger partial charge < -0.3 is 10.2 Å². The summed E-state index contributed by atoms with van der Waals surface area (Å²) >= 11 is 0. The van der Waals surface area contributed by atoms with E-state index in [2.05, 4.69) is 0 Å². The predicted molar refractivity (Wildman–Crippen MR) is 72.2 cm³/mol. The van der Waals surface area contributed by atoms with Crippen LogP contribution in [-0.4, -0.2) is 20.1 Å². The van der Waals surface area contributed by atoms with Gasteiger partial charge in [0.25, 0.3) is 0 Å². The van der Waals surface area contributed by atoms with Crippen LogP contribution in [0.15, 0.2) is 24.3 Å². The Labute approximate surface area is 126 Å². The minimum atomic E-state index is -1.25. The van der Waals surface area contributed by atoms with Crippen LogP contribution < -0.4 is 0 Å². The standard InChI is InChI=1S/C13H8F2N2O6/c14-8-2-6(4-10(12(8)18)16(20)21)1-7-3-9(15)13(19)11(5-7)17(22)23/h2-5,18-19H,1H2. The zero-order valence-electron chi connectivity index (χ0n) is 11.2. The molecule has 0 spiro atoms. The van der Waals surface area contributed by atoms with Crippen LogP contribution in [0.1, 0.15) is 11.1 Å². The lowest BCUT2D eigenvalue weighted by Gasteiger charge is -2.06. The number of nitrogens with zero attached hydrogens (tertiary/aromatic N) is 2. The predicted octanol–water partition coefficient (Wildman–Crippen LogP) is 2.78. The molecule has 0 unspecified atom stereocenters. The molecule has 2 aromatic rings. The van der Waals surface area contributed by atoms with E-state index in [1.165, 1.54) is 0 Å². The monoisotopic (exact) mass is 326 g/mol. The summed E-state index contributed by atoms with van der Waals surface area (Å²) in [6.45, 7) is 0. The molecule has 8 nitrogen and oxygen atoms in total. The summed E-state index contributed by atoms with van der Waals surface area (Å²) in [6.07, 6.45) is -0.282. The summed E-state index contributed by atoms with van der Waals surface area (Å²) < 4.78 is 27.0. The number of phenols is 2. The van der Waals surface area contributed by atoms with Gasteiger partial charge in [0.05, 0.1) is 9.85 Å². The van der Waals surface area contributed by atoms with E-state index in [4.69, 9.17) is 0 Å². The number of aromatic hydroxyl groups is 2. The largest absolute Gasteiger partial charge is 0.500 e. The Balaban J connectivity index is 2.48. The highest BCUT2D eigenvalue weighted by molar-refractivity contribution is 5.52. The second kappa shape index (κ2) is 5.83. The van der Waals surface area contributed by atoms with Crippen LogP contribution in [0, 0.1) is 31.9 Å². The van der Waals surface area contributed by atoms with Gasteiger partial charge >= 0.3 is 11.4 Å². The average Bonchev–Trinajstić information content (AvgIpc) is 2.45.